The summed E-state index contributed by atoms with van der Waals surface area (Å²) in [6.07, 6.45) is 0. The summed E-state index contributed by atoms with van der Waals surface area (Å²) < 4.78 is 28.3. The van der Waals surface area contributed by atoms with Crippen molar-refractivity contribution in [3.63, 3.8) is 0 Å². The SMILES string of the molecule is O=S(=O)(Nc1nc2ccccc2nc1Nc1ccccc1)c1cccc(NO)c1. The fourth-order valence-electron chi connectivity index (χ4n) is 2.74. The molecule has 8 nitrogen and oxygen atoms in total. The number of anilines is 4. The van der Waals surface area contributed by atoms with Crippen LogP contribution in [0.25, 0.3) is 11.0 Å². The minimum atomic E-state index is -3.97. The van der Waals surface area contributed by atoms with Crippen molar-refractivity contribution in [3.05, 3.63) is 78.9 Å². The number of fused-ring (bicyclic) bond motifs is 1. The molecule has 0 fully saturated rings. The molecule has 0 spiro atoms. The summed E-state index contributed by atoms with van der Waals surface area (Å²) in [7, 11) is -3.97. The third kappa shape index (κ3) is 4.10. The Bertz CT molecular complexity index is 1260. The van der Waals surface area contributed by atoms with E-state index in [1.165, 1.54) is 24.3 Å². The summed E-state index contributed by atoms with van der Waals surface area (Å²) in [5, 5.41) is 12.2. The van der Waals surface area contributed by atoms with E-state index in [0.717, 1.165) is 5.69 Å². The van der Waals surface area contributed by atoms with Gasteiger partial charge in [-0.05, 0) is 42.5 Å². The molecule has 0 saturated carbocycles. The van der Waals surface area contributed by atoms with Crippen molar-refractivity contribution in [1.29, 1.82) is 0 Å². The maximum Gasteiger partial charge on any atom is 0.263 e. The fraction of sp³-hybridized carbons (Fsp3) is 0. The fourth-order valence-corrected chi connectivity index (χ4v) is 3.79. The number of sulfonamides is 1. The van der Waals surface area contributed by atoms with E-state index in [1.807, 2.05) is 41.9 Å². The van der Waals surface area contributed by atoms with E-state index in [-0.39, 0.29) is 22.2 Å². The maximum absolute atomic E-state index is 12.9. The minimum Gasteiger partial charge on any atom is -0.337 e. The molecule has 0 saturated heterocycles. The molecular weight excluding hydrogens is 390 g/mol. The van der Waals surface area contributed by atoms with Crippen LogP contribution in [0.5, 0.6) is 0 Å². The summed E-state index contributed by atoms with van der Waals surface area (Å²) >= 11 is 0. The summed E-state index contributed by atoms with van der Waals surface area (Å²) in [4.78, 5) is 8.94. The highest BCUT2D eigenvalue weighted by atomic mass is 32.2. The van der Waals surface area contributed by atoms with Gasteiger partial charge in [0.15, 0.2) is 11.6 Å². The van der Waals surface area contributed by atoms with E-state index >= 15 is 0 Å². The lowest BCUT2D eigenvalue weighted by Crippen LogP contribution is -2.16. The first-order valence-corrected chi connectivity index (χ1v) is 10.2. The van der Waals surface area contributed by atoms with Crippen LogP contribution < -0.4 is 15.5 Å². The third-order valence-electron chi connectivity index (χ3n) is 4.11. The van der Waals surface area contributed by atoms with E-state index < -0.39 is 10.0 Å². The smallest absolute Gasteiger partial charge is 0.263 e. The molecule has 146 valence electrons. The Kier molecular flexibility index (Phi) is 4.98. The molecule has 0 aliphatic rings. The van der Waals surface area contributed by atoms with E-state index in [1.54, 1.807) is 18.2 Å². The van der Waals surface area contributed by atoms with Gasteiger partial charge in [-0.3, -0.25) is 15.4 Å². The first-order valence-electron chi connectivity index (χ1n) is 8.67. The second-order valence-electron chi connectivity index (χ2n) is 6.15. The molecule has 0 bridgehead atoms. The molecule has 0 amide bonds. The molecule has 1 aromatic heterocycles. The van der Waals surface area contributed by atoms with Crippen molar-refractivity contribution in [1.82, 2.24) is 9.97 Å². The van der Waals surface area contributed by atoms with Gasteiger partial charge in [0.1, 0.15) is 0 Å². The average molecular weight is 407 g/mol. The number of hydrogen-bond donors (Lipinski definition) is 4. The first-order chi connectivity index (χ1) is 14.0. The van der Waals surface area contributed by atoms with Crippen molar-refractivity contribution in [3.8, 4) is 0 Å². The highest BCUT2D eigenvalue weighted by molar-refractivity contribution is 7.92. The van der Waals surface area contributed by atoms with Crippen LogP contribution in [0.3, 0.4) is 0 Å². The largest absolute Gasteiger partial charge is 0.337 e. The molecule has 1 heterocycles. The molecule has 29 heavy (non-hydrogen) atoms. The Labute approximate surface area is 167 Å². The molecule has 0 atom stereocenters. The normalized spacial score (nSPS) is 11.2. The summed E-state index contributed by atoms with van der Waals surface area (Å²) in [6.45, 7) is 0. The van der Waals surface area contributed by atoms with E-state index in [4.69, 9.17) is 5.21 Å². The Morgan fingerprint density at radius 2 is 1.34 bits per heavy atom. The lowest BCUT2D eigenvalue weighted by molar-refractivity contribution is 0.388. The molecule has 0 radical (unpaired) electrons. The van der Waals surface area contributed by atoms with Gasteiger partial charge in [0, 0.05) is 5.69 Å². The zero-order valence-corrected chi connectivity index (χ0v) is 15.9. The van der Waals surface area contributed by atoms with Crippen LogP contribution in [-0.4, -0.2) is 23.6 Å². The summed E-state index contributed by atoms with van der Waals surface area (Å²) in [5.74, 6) is 0.338. The van der Waals surface area contributed by atoms with Gasteiger partial charge < -0.3 is 5.32 Å². The number of para-hydroxylation sites is 3. The van der Waals surface area contributed by atoms with Crippen molar-refractivity contribution in [2.75, 3.05) is 15.5 Å². The van der Waals surface area contributed by atoms with Crippen LogP contribution >= 0.6 is 0 Å². The predicted molar refractivity (Wildman–Crippen MR) is 112 cm³/mol. The van der Waals surface area contributed by atoms with Crippen LogP contribution in [0.4, 0.5) is 23.0 Å². The lowest BCUT2D eigenvalue weighted by Gasteiger charge is -2.14. The molecular formula is C20H17N5O3S. The number of rotatable bonds is 6. The van der Waals surface area contributed by atoms with E-state index in [9.17, 15) is 8.42 Å². The van der Waals surface area contributed by atoms with Crippen molar-refractivity contribution in [2.45, 2.75) is 4.90 Å². The number of hydrogen-bond acceptors (Lipinski definition) is 7. The van der Waals surface area contributed by atoms with Crippen LogP contribution in [0.15, 0.2) is 83.8 Å². The van der Waals surface area contributed by atoms with Crippen LogP contribution in [0.2, 0.25) is 0 Å². The standard InChI is InChI=1S/C20H17N5O3S/c26-24-15-9-6-10-16(13-15)29(27,28)25-20-19(21-14-7-2-1-3-8-14)22-17-11-4-5-12-18(17)23-20/h1-13,24,26H,(H,21,22)(H,23,25). The first kappa shape index (κ1) is 18.7. The molecule has 3 aromatic carbocycles. The molecule has 4 rings (SSSR count). The maximum atomic E-state index is 12.9. The molecule has 9 heteroatoms. The van der Waals surface area contributed by atoms with Gasteiger partial charge in [-0.2, -0.15) is 0 Å². The lowest BCUT2D eigenvalue weighted by atomic mass is 10.3. The van der Waals surface area contributed by atoms with Crippen molar-refractivity contribution in [2.24, 2.45) is 0 Å². The van der Waals surface area contributed by atoms with Gasteiger partial charge in [-0.1, -0.05) is 36.4 Å². The van der Waals surface area contributed by atoms with Gasteiger partial charge in [0.25, 0.3) is 10.0 Å². The number of nitrogens with zero attached hydrogens (tertiary/aromatic N) is 2. The summed E-state index contributed by atoms with van der Waals surface area (Å²) in [5.41, 5.74) is 4.10. The zero-order valence-electron chi connectivity index (χ0n) is 15.1. The monoisotopic (exact) mass is 407 g/mol. The Morgan fingerprint density at radius 1 is 0.724 bits per heavy atom. The average Bonchev–Trinajstić information content (AvgIpc) is 2.75. The van der Waals surface area contributed by atoms with Crippen molar-refractivity contribution < 1.29 is 13.6 Å². The van der Waals surface area contributed by atoms with Gasteiger partial charge in [-0.25, -0.2) is 18.4 Å². The third-order valence-corrected chi connectivity index (χ3v) is 5.45. The molecule has 0 unspecified atom stereocenters. The highest BCUT2D eigenvalue weighted by Gasteiger charge is 2.19. The topological polar surface area (TPSA) is 116 Å². The summed E-state index contributed by atoms with van der Waals surface area (Å²) in [6, 6.07) is 22.2. The quantitative estimate of drug-likeness (QED) is 0.357. The van der Waals surface area contributed by atoms with E-state index in [0.29, 0.717) is 11.0 Å². The zero-order chi connectivity index (χ0) is 20.3. The highest BCUT2D eigenvalue weighted by Crippen LogP contribution is 2.27. The molecule has 4 aromatic rings. The van der Waals surface area contributed by atoms with E-state index in [2.05, 4.69) is 20.0 Å². The van der Waals surface area contributed by atoms with Gasteiger partial charge in [-0.15, -0.1) is 0 Å². The van der Waals surface area contributed by atoms with Gasteiger partial charge >= 0.3 is 0 Å². The van der Waals surface area contributed by atoms with Crippen molar-refractivity contribution >= 4 is 44.1 Å². The Hall–Kier alpha value is -3.69. The minimum absolute atomic E-state index is 0.0304. The number of aromatic nitrogens is 2. The van der Waals surface area contributed by atoms with Crippen LogP contribution in [-0.2, 0) is 10.0 Å². The molecule has 4 N–H and O–H groups in total. The Balaban J connectivity index is 1.77. The predicted octanol–water partition coefficient (Wildman–Crippen LogP) is 3.98. The molecule has 0 aliphatic heterocycles. The second kappa shape index (κ2) is 7.74. The van der Waals surface area contributed by atoms with Crippen LogP contribution in [0, 0.1) is 0 Å². The second-order valence-corrected chi connectivity index (χ2v) is 7.83. The number of nitrogens with one attached hydrogen (secondary N) is 3. The van der Waals surface area contributed by atoms with Crippen LogP contribution in [0.1, 0.15) is 0 Å². The molecule has 0 aliphatic carbocycles. The Morgan fingerprint density at radius 3 is 2.03 bits per heavy atom. The van der Waals surface area contributed by atoms with Gasteiger partial charge in [0.2, 0.25) is 0 Å². The van der Waals surface area contributed by atoms with Gasteiger partial charge in [0.05, 0.1) is 21.6 Å². The number of benzene rings is 3.